The van der Waals surface area contributed by atoms with Crippen molar-refractivity contribution in [2.75, 3.05) is 13.1 Å². The third kappa shape index (κ3) is 3.41. The van der Waals surface area contributed by atoms with Crippen LogP contribution < -0.4 is 5.32 Å². The highest BCUT2D eigenvalue weighted by atomic mass is 16.6. The lowest BCUT2D eigenvalue weighted by atomic mass is 9.61. The molecule has 2 fully saturated rings. The molecular weight excluding hydrogens is 370 g/mol. The second-order valence-electron chi connectivity index (χ2n) is 8.00. The molecule has 1 aromatic heterocycles. The third-order valence-electron chi connectivity index (χ3n) is 5.79. The number of carbonyl (C=O) groups is 2. The van der Waals surface area contributed by atoms with Gasteiger partial charge in [-0.3, -0.25) is 4.79 Å². The van der Waals surface area contributed by atoms with Gasteiger partial charge < -0.3 is 15.0 Å². The maximum atomic E-state index is 12.5. The third-order valence-corrected chi connectivity index (χ3v) is 5.79. The van der Waals surface area contributed by atoms with Gasteiger partial charge in [-0.05, 0) is 36.6 Å². The normalized spacial score (nSPS) is 17.6. The van der Waals surface area contributed by atoms with Crippen LogP contribution in [0.1, 0.15) is 31.6 Å². The summed E-state index contributed by atoms with van der Waals surface area (Å²) in [6, 6.07) is 15.1. The fourth-order valence-corrected chi connectivity index (χ4v) is 4.30. The zero-order valence-corrected chi connectivity index (χ0v) is 15.8. The predicted molar refractivity (Wildman–Crippen MR) is 109 cm³/mol. The Balaban J connectivity index is 0.00000136. The van der Waals surface area contributed by atoms with Gasteiger partial charge >= 0.3 is 6.09 Å². The molecule has 0 radical (unpaired) electrons. The van der Waals surface area contributed by atoms with E-state index in [9.17, 15) is 9.59 Å². The summed E-state index contributed by atoms with van der Waals surface area (Å²) in [6.45, 7) is 1.67. The zero-order chi connectivity index (χ0) is 19.8. The van der Waals surface area contributed by atoms with Crippen molar-refractivity contribution in [2.24, 2.45) is 5.41 Å². The average Bonchev–Trinajstić information content (AvgIpc) is 3.15. The summed E-state index contributed by atoms with van der Waals surface area (Å²) in [4.78, 5) is 26.4. The Hall–Kier alpha value is -3.42. The molecule has 2 aliphatic rings. The Morgan fingerprint density at radius 3 is 2.69 bits per heavy atom. The number of H-pyrrole nitrogens is 1. The Kier molecular flexibility index (Phi) is 4.19. The summed E-state index contributed by atoms with van der Waals surface area (Å²) in [7, 11) is 0. The summed E-state index contributed by atoms with van der Waals surface area (Å²) < 4.78 is 5.38. The number of ether oxygens (including phenoxy) is 1. The van der Waals surface area contributed by atoms with Gasteiger partial charge in [0.05, 0.1) is 0 Å². The van der Waals surface area contributed by atoms with Crippen molar-refractivity contribution >= 4 is 23.0 Å². The summed E-state index contributed by atoms with van der Waals surface area (Å²) >= 11 is 0. The molecule has 0 unspecified atom stereocenters. The predicted octanol–water partition coefficient (Wildman–Crippen LogP) is 2.98. The first-order valence-electron chi connectivity index (χ1n) is 9.67. The molecule has 3 aromatic rings. The molecule has 8 nitrogen and oxygen atoms in total. The number of likely N-dealkylation sites (tertiary alicyclic amines) is 1. The van der Waals surface area contributed by atoms with Crippen LogP contribution in [-0.4, -0.2) is 51.4 Å². The van der Waals surface area contributed by atoms with Crippen molar-refractivity contribution < 1.29 is 17.2 Å². The highest BCUT2D eigenvalue weighted by Gasteiger charge is 2.54. The van der Waals surface area contributed by atoms with Crippen molar-refractivity contribution in [2.45, 2.75) is 25.5 Å². The van der Waals surface area contributed by atoms with E-state index >= 15 is 0 Å². The summed E-state index contributed by atoms with van der Waals surface area (Å²) in [6.07, 6.45) is 1.49. The molecule has 0 bridgehead atoms. The van der Waals surface area contributed by atoms with E-state index in [2.05, 4.69) is 20.7 Å². The molecule has 1 saturated heterocycles. The van der Waals surface area contributed by atoms with Crippen molar-refractivity contribution in [1.29, 1.82) is 0 Å². The topological polar surface area (TPSA) is 100 Å². The molecule has 2 amide bonds. The number of aromatic amines is 1. The highest BCUT2D eigenvalue weighted by Crippen LogP contribution is 2.48. The second kappa shape index (κ2) is 6.88. The maximum absolute atomic E-state index is 12.5. The standard InChI is InChI=1S/C21H21N5O3.2H2/c27-19(15-6-7-17-18(8-15)24-25-23-17)22-16-9-21(10-16)12-26(13-21)20(28)29-11-14-4-2-1-3-5-14;;/h1-8,16H,9-13H2,(H,22,27)(H,23,24,25);2*1H. The van der Waals surface area contributed by atoms with Crippen LogP contribution in [0.3, 0.4) is 0 Å². The molecule has 0 atom stereocenters. The molecule has 8 heteroatoms. The van der Waals surface area contributed by atoms with Crippen LogP contribution in [0.2, 0.25) is 0 Å². The minimum absolute atomic E-state index is 0. The molecule has 1 aliphatic heterocycles. The van der Waals surface area contributed by atoms with Crippen LogP contribution in [0.15, 0.2) is 48.5 Å². The average molecular weight is 395 g/mol. The van der Waals surface area contributed by atoms with E-state index in [4.69, 9.17) is 4.74 Å². The molecule has 2 aromatic carbocycles. The lowest BCUT2D eigenvalue weighted by molar-refractivity contribution is -0.0693. The number of hydrogen-bond donors (Lipinski definition) is 2. The van der Waals surface area contributed by atoms with E-state index in [0.717, 1.165) is 23.9 Å². The van der Waals surface area contributed by atoms with Crippen molar-refractivity contribution in [3.8, 4) is 0 Å². The highest BCUT2D eigenvalue weighted by molar-refractivity contribution is 5.97. The Labute approximate surface area is 170 Å². The van der Waals surface area contributed by atoms with Gasteiger partial charge in [-0.1, -0.05) is 30.3 Å². The zero-order valence-electron chi connectivity index (χ0n) is 15.8. The van der Waals surface area contributed by atoms with Crippen molar-refractivity contribution in [3.63, 3.8) is 0 Å². The fourth-order valence-electron chi connectivity index (χ4n) is 4.30. The minimum atomic E-state index is -0.270. The van der Waals surface area contributed by atoms with Gasteiger partial charge in [0.1, 0.15) is 17.6 Å². The van der Waals surface area contributed by atoms with Crippen molar-refractivity contribution in [3.05, 3.63) is 59.7 Å². The molecule has 1 spiro atoms. The van der Waals surface area contributed by atoms with Gasteiger partial charge in [0, 0.05) is 33.0 Å². The molecule has 2 N–H and O–H groups in total. The number of amides is 2. The Bertz CT molecular complexity index is 1060. The van der Waals surface area contributed by atoms with Crippen LogP contribution in [0.5, 0.6) is 0 Å². The number of fused-ring (bicyclic) bond motifs is 1. The van der Waals surface area contributed by atoms with Crippen LogP contribution in [0.4, 0.5) is 4.79 Å². The molecule has 29 heavy (non-hydrogen) atoms. The number of nitrogens with zero attached hydrogens (tertiary/aromatic N) is 3. The lowest BCUT2D eigenvalue weighted by Gasteiger charge is -2.58. The number of rotatable bonds is 4. The number of nitrogens with one attached hydrogen (secondary N) is 2. The first kappa shape index (κ1) is 17.7. The van der Waals surface area contributed by atoms with Gasteiger partial charge in [-0.25, -0.2) is 4.79 Å². The van der Waals surface area contributed by atoms with Crippen LogP contribution in [0.25, 0.3) is 11.0 Å². The monoisotopic (exact) mass is 395 g/mol. The van der Waals surface area contributed by atoms with Gasteiger partial charge in [-0.15, -0.1) is 0 Å². The van der Waals surface area contributed by atoms with E-state index < -0.39 is 0 Å². The molecule has 2 heterocycles. The number of aromatic nitrogens is 3. The van der Waals surface area contributed by atoms with E-state index in [1.807, 2.05) is 30.3 Å². The quantitative estimate of drug-likeness (QED) is 0.707. The van der Waals surface area contributed by atoms with Crippen LogP contribution in [0, 0.1) is 5.41 Å². The summed E-state index contributed by atoms with van der Waals surface area (Å²) in [5, 5.41) is 13.6. The molecular formula is C21H25N5O3. The Morgan fingerprint density at radius 2 is 1.90 bits per heavy atom. The second-order valence-corrected chi connectivity index (χ2v) is 8.00. The maximum Gasteiger partial charge on any atom is 0.410 e. The largest absolute Gasteiger partial charge is 0.445 e. The van der Waals surface area contributed by atoms with Gasteiger partial charge in [0.25, 0.3) is 5.91 Å². The number of hydrogen-bond acceptors (Lipinski definition) is 5. The molecule has 1 saturated carbocycles. The first-order valence-corrected chi connectivity index (χ1v) is 9.67. The first-order chi connectivity index (χ1) is 14.1. The summed E-state index contributed by atoms with van der Waals surface area (Å²) in [5.74, 6) is -0.104. The molecule has 5 rings (SSSR count). The summed E-state index contributed by atoms with van der Waals surface area (Å²) in [5.41, 5.74) is 3.09. The molecule has 1 aliphatic carbocycles. The number of carbonyl (C=O) groups excluding carboxylic acids is 2. The Morgan fingerprint density at radius 1 is 1.14 bits per heavy atom. The van der Waals surface area contributed by atoms with E-state index in [1.54, 1.807) is 23.1 Å². The van der Waals surface area contributed by atoms with E-state index in [0.29, 0.717) is 24.2 Å². The van der Waals surface area contributed by atoms with Crippen molar-refractivity contribution in [1.82, 2.24) is 25.6 Å². The smallest absolute Gasteiger partial charge is 0.410 e. The lowest BCUT2D eigenvalue weighted by Crippen LogP contribution is -2.67. The van der Waals surface area contributed by atoms with E-state index in [1.165, 1.54) is 0 Å². The van der Waals surface area contributed by atoms with Gasteiger partial charge in [-0.2, -0.15) is 15.4 Å². The molecule has 152 valence electrons. The van der Waals surface area contributed by atoms with Crippen LogP contribution in [-0.2, 0) is 11.3 Å². The van der Waals surface area contributed by atoms with E-state index in [-0.39, 0.29) is 32.9 Å². The fraction of sp³-hybridized carbons (Fsp3) is 0.333. The van der Waals surface area contributed by atoms with Crippen LogP contribution >= 0.6 is 0 Å². The van der Waals surface area contributed by atoms with Gasteiger partial charge in [0.2, 0.25) is 0 Å². The van der Waals surface area contributed by atoms with Gasteiger partial charge in [0.15, 0.2) is 0 Å². The number of benzene rings is 2. The SMILES string of the molecule is O=C(NC1CC2(C1)CN(C(=O)OCc1ccccc1)C2)c1ccc2n[nH]nc2c1.[HH].[HH]. The minimum Gasteiger partial charge on any atom is -0.445 e.